The molecule has 1 aliphatic heterocycles. The molecule has 0 aromatic carbocycles. The van der Waals surface area contributed by atoms with Gasteiger partial charge in [0.25, 0.3) is 0 Å². The molecule has 1 aromatic heterocycles. The molecule has 0 aliphatic carbocycles. The van der Waals surface area contributed by atoms with Crippen molar-refractivity contribution in [3.05, 3.63) is 22.8 Å². The molecule has 68 valence electrons. The van der Waals surface area contributed by atoms with Crippen LogP contribution in [-0.4, -0.2) is 11.2 Å². The molecule has 2 nitrogen and oxygen atoms in total. The average Bonchev–Trinajstić information content (AvgIpc) is 2.42. The third-order valence-electron chi connectivity index (χ3n) is 2.42. The fraction of sp³-hybridized carbons (Fsp3) is 0.364. The highest BCUT2D eigenvalue weighted by atomic mass is 14.7. The number of nitrogens with one attached hydrogen (secondary N) is 1. The molecule has 0 spiro atoms. The van der Waals surface area contributed by atoms with E-state index in [1.807, 2.05) is 18.6 Å². The van der Waals surface area contributed by atoms with Gasteiger partial charge in [-0.25, -0.2) is 0 Å². The molecule has 2 heteroatoms. The van der Waals surface area contributed by atoms with Gasteiger partial charge in [-0.15, -0.1) is 0 Å². The van der Waals surface area contributed by atoms with Gasteiger partial charge in [0, 0.05) is 18.3 Å². The van der Waals surface area contributed by atoms with Crippen LogP contribution in [0, 0.1) is 11.8 Å². The van der Waals surface area contributed by atoms with Crippen LogP contribution in [0.3, 0.4) is 0 Å². The Morgan fingerprint density at radius 3 is 3.08 bits per heavy atom. The predicted octanol–water partition coefficient (Wildman–Crippen LogP) is 0.890. The van der Waals surface area contributed by atoms with E-state index in [9.17, 15) is 0 Å². The lowest BCUT2D eigenvalue weighted by atomic mass is 9.96. The van der Waals surface area contributed by atoms with E-state index in [4.69, 9.17) is 0 Å². The summed E-state index contributed by atoms with van der Waals surface area (Å²) in [6, 6.07) is 2.09. The number of aromatic amines is 1. The van der Waals surface area contributed by atoms with Crippen LogP contribution in [0.5, 0.6) is 0 Å². The number of nitrogens with zero attached hydrogens (tertiary/aromatic N) is 1. The Balaban J connectivity index is 2.53. The zero-order valence-corrected chi connectivity index (χ0v) is 7.99. The smallest absolute Gasteiger partial charge is 0.0636 e. The SMILES string of the molecule is CC(C)C1C=NC=c2[nH]ccc2=C1. The standard InChI is InChI=1S/C11H14N2/c1-8(2)10-5-9-3-4-13-11(9)7-12-6-10/h3-8,10,13H,1-2H3. The Bertz CT molecular complexity index is 423. The maximum Gasteiger partial charge on any atom is 0.0636 e. The minimum atomic E-state index is 0.452. The predicted molar refractivity (Wildman–Crippen MR) is 55.8 cm³/mol. The molecule has 0 amide bonds. The molecule has 0 saturated carbocycles. The highest BCUT2D eigenvalue weighted by molar-refractivity contribution is 5.72. The van der Waals surface area contributed by atoms with E-state index in [-0.39, 0.29) is 0 Å². The number of hydrogen-bond donors (Lipinski definition) is 1. The van der Waals surface area contributed by atoms with Gasteiger partial charge in [0.05, 0.1) is 11.5 Å². The normalized spacial score (nSPS) is 20.4. The third-order valence-corrected chi connectivity index (χ3v) is 2.42. The molecule has 0 bridgehead atoms. The molecule has 2 heterocycles. The Hall–Kier alpha value is -1.31. The van der Waals surface area contributed by atoms with Crippen molar-refractivity contribution in [3.63, 3.8) is 0 Å². The number of fused-ring (bicyclic) bond motifs is 1. The van der Waals surface area contributed by atoms with Gasteiger partial charge in [-0.2, -0.15) is 0 Å². The molecule has 1 N–H and O–H groups in total. The van der Waals surface area contributed by atoms with Crippen molar-refractivity contribution in [2.45, 2.75) is 13.8 Å². The van der Waals surface area contributed by atoms with E-state index < -0.39 is 0 Å². The second-order valence-corrected chi connectivity index (χ2v) is 3.76. The maximum absolute atomic E-state index is 4.27. The van der Waals surface area contributed by atoms with Gasteiger partial charge < -0.3 is 4.98 Å². The largest absolute Gasteiger partial charge is 0.360 e. The second-order valence-electron chi connectivity index (χ2n) is 3.76. The number of rotatable bonds is 1. The van der Waals surface area contributed by atoms with Gasteiger partial charge >= 0.3 is 0 Å². The van der Waals surface area contributed by atoms with E-state index in [2.05, 4.69) is 36.0 Å². The monoisotopic (exact) mass is 174 g/mol. The van der Waals surface area contributed by atoms with E-state index in [0.29, 0.717) is 11.8 Å². The van der Waals surface area contributed by atoms with Crippen molar-refractivity contribution < 1.29 is 0 Å². The lowest BCUT2D eigenvalue weighted by Crippen LogP contribution is -2.22. The highest BCUT2D eigenvalue weighted by Crippen LogP contribution is 2.10. The van der Waals surface area contributed by atoms with Crippen LogP contribution in [0.2, 0.25) is 0 Å². The maximum atomic E-state index is 4.27. The van der Waals surface area contributed by atoms with Crippen LogP contribution in [0.4, 0.5) is 0 Å². The van der Waals surface area contributed by atoms with Crippen molar-refractivity contribution in [1.29, 1.82) is 0 Å². The van der Waals surface area contributed by atoms with E-state index >= 15 is 0 Å². The molecule has 13 heavy (non-hydrogen) atoms. The van der Waals surface area contributed by atoms with Crippen LogP contribution < -0.4 is 10.6 Å². The van der Waals surface area contributed by atoms with Crippen molar-refractivity contribution in [3.8, 4) is 0 Å². The first-order valence-corrected chi connectivity index (χ1v) is 4.66. The minimum Gasteiger partial charge on any atom is -0.360 e. The number of aromatic nitrogens is 1. The lowest BCUT2D eigenvalue weighted by molar-refractivity contribution is 0.607. The molecule has 2 rings (SSSR count). The fourth-order valence-corrected chi connectivity index (χ4v) is 1.48. The fourth-order valence-electron chi connectivity index (χ4n) is 1.48. The average molecular weight is 174 g/mol. The molecule has 0 saturated heterocycles. The van der Waals surface area contributed by atoms with Crippen molar-refractivity contribution >= 4 is 18.5 Å². The van der Waals surface area contributed by atoms with Gasteiger partial charge in [0.2, 0.25) is 0 Å². The van der Waals surface area contributed by atoms with Crippen LogP contribution in [-0.2, 0) is 0 Å². The van der Waals surface area contributed by atoms with Crippen LogP contribution in [0.15, 0.2) is 17.3 Å². The Morgan fingerprint density at radius 2 is 2.31 bits per heavy atom. The van der Waals surface area contributed by atoms with Crippen LogP contribution >= 0.6 is 0 Å². The number of H-pyrrole nitrogens is 1. The van der Waals surface area contributed by atoms with E-state index in [1.165, 1.54) is 5.22 Å². The lowest BCUT2D eigenvalue weighted by Gasteiger charge is -2.09. The first kappa shape index (κ1) is 8.30. The molecule has 0 fully saturated rings. The first-order chi connectivity index (χ1) is 6.27. The summed E-state index contributed by atoms with van der Waals surface area (Å²) in [7, 11) is 0. The molecule has 1 aromatic rings. The highest BCUT2D eigenvalue weighted by Gasteiger charge is 2.08. The molecule has 0 radical (unpaired) electrons. The summed E-state index contributed by atoms with van der Waals surface area (Å²) < 4.78 is 0. The van der Waals surface area contributed by atoms with Gasteiger partial charge in [-0.05, 0) is 17.2 Å². The van der Waals surface area contributed by atoms with Crippen LogP contribution in [0.1, 0.15) is 13.8 Å². The summed E-state index contributed by atoms with van der Waals surface area (Å²) >= 11 is 0. The van der Waals surface area contributed by atoms with Crippen molar-refractivity contribution in [2.24, 2.45) is 16.8 Å². The molecule has 1 unspecified atom stereocenters. The van der Waals surface area contributed by atoms with Gasteiger partial charge in [0.15, 0.2) is 0 Å². The van der Waals surface area contributed by atoms with Gasteiger partial charge in [0.1, 0.15) is 0 Å². The van der Waals surface area contributed by atoms with Gasteiger partial charge in [-0.3, -0.25) is 4.99 Å². The van der Waals surface area contributed by atoms with Crippen molar-refractivity contribution in [2.75, 3.05) is 0 Å². The minimum absolute atomic E-state index is 0.452. The Kier molecular flexibility index (Phi) is 2.05. The summed E-state index contributed by atoms with van der Waals surface area (Å²) in [4.78, 5) is 7.43. The summed E-state index contributed by atoms with van der Waals surface area (Å²) in [6.07, 6.45) is 8.12. The zero-order valence-electron chi connectivity index (χ0n) is 7.99. The third kappa shape index (κ3) is 1.57. The summed E-state index contributed by atoms with van der Waals surface area (Å²) in [6.45, 7) is 4.43. The van der Waals surface area contributed by atoms with E-state index in [0.717, 1.165) is 5.35 Å². The molecular weight excluding hydrogens is 160 g/mol. The number of hydrogen-bond acceptors (Lipinski definition) is 1. The molecular formula is C11H14N2. The Morgan fingerprint density at radius 1 is 1.46 bits per heavy atom. The summed E-state index contributed by atoms with van der Waals surface area (Å²) in [5, 5.41) is 2.37. The topological polar surface area (TPSA) is 28.1 Å². The first-order valence-electron chi connectivity index (χ1n) is 4.66. The van der Waals surface area contributed by atoms with E-state index in [1.54, 1.807) is 0 Å². The number of aliphatic imine (C=N–C) groups is 1. The van der Waals surface area contributed by atoms with Crippen molar-refractivity contribution in [1.82, 2.24) is 4.98 Å². The second kappa shape index (κ2) is 3.21. The van der Waals surface area contributed by atoms with Crippen LogP contribution in [0.25, 0.3) is 12.3 Å². The van der Waals surface area contributed by atoms with Gasteiger partial charge in [-0.1, -0.05) is 19.9 Å². The summed E-state index contributed by atoms with van der Waals surface area (Å²) in [5.74, 6) is 1.06. The molecule has 1 atom stereocenters. The zero-order chi connectivity index (χ0) is 9.26. The molecule has 1 aliphatic rings. The summed E-state index contributed by atoms with van der Waals surface area (Å²) in [5.41, 5.74) is 0. The Labute approximate surface area is 77.7 Å². The quantitative estimate of drug-likeness (QED) is 0.655.